The molecule has 0 bridgehead atoms. The van der Waals surface area contributed by atoms with Gasteiger partial charge in [-0.15, -0.1) is 0 Å². The van der Waals surface area contributed by atoms with Crippen LogP contribution in [0.4, 0.5) is 0 Å². The highest BCUT2D eigenvalue weighted by Gasteiger charge is 2.06. The first-order valence-electron chi connectivity index (χ1n) is 4.25. The lowest BCUT2D eigenvalue weighted by molar-refractivity contribution is -0.131. The maximum absolute atomic E-state index is 10.8. The Labute approximate surface area is 86.5 Å². The van der Waals surface area contributed by atoms with Gasteiger partial charge in [-0.05, 0) is 30.2 Å². The predicted octanol–water partition coefficient (Wildman–Crippen LogP) is 1.79. The van der Waals surface area contributed by atoms with Crippen molar-refractivity contribution in [1.29, 1.82) is 0 Å². The van der Waals surface area contributed by atoms with Gasteiger partial charge in [0.2, 0.25) is 0 Å². The summed E-state index contributed by atoms with van der Waals surface area (Å²) in [4.78, 5) is 21.0. The first kappa shape index (κ1) is 11.0. The molecule has 2 N–H and O–H groups in total. The second kappa shape index (κ2) is 4.41. The van der Waals surface area contributed by atoms with Crippen LogP contribution in [0.1, 0.15) is 21.5 Å². The molecule has 0 radical (unpaired) electrons. The number of hydrogen-bond donors (Lipinski definition) is 2. The fourth-order valence-electron chi connectivity index (χ4n) is 1.14. The third-order valence-electron chi connectivity index (χ3n) is 1.91. The highest BCUT2D eigenvalue weighted by molar-refractivity contribution is 5.91. The summed E-state index contributed by atoms with van der Waals surface area (Å²) >= 11 is 0. The molecule has 0 aliphatic heterocycles. The van der Waals surface area contributed by atoms with Gasteiger partial charge in [-0.3, -0.25) is 0 Å². The fourth-order valence-corrected chi connectivity index (χ4v) is 1.14. The van der Waals surface area contributed by atoms with Gasteiger partial charge >= 0.3 is 11.9 Å². The van der Waals surface area contributed by atoms with Crippen molar-refractivity contribution in [3.05, 3.63) is 41.0 Å². The molecule has 1 rings (SSSR count). The van der Waals surface area contributed by atoms with Crippen LogP contribution in [0.3, 0.4) is 0 Å². The van der Waals surface area contributed by atoms with Gasteiger partial charge < -0.3 is 10.2 Å². The van der Waals surface area contributed by atoms with E-state index in [9.17, 15) is 9.59 Å². The van der Waals surface area contributed by atoms with Crippen LogP contribution in [0.15, 0.2) is 24.3 Å². The average molecular weight is 206 g/mol. The standard InChI is InChI=1S/C11H10O4/c1-7-2-3-8(4-5-10(12)13)6-9(7)11(14)15/h2-6H,1H3,(H,12,13)(H,14,15). The summed E-state index contributed by atoms with van der Waals surface area (Å²) < 4.78 is 0. The molecule has 0 heterocycles. The number of aromatic carboxylic acids is 1. The molecule has 78 valence electrons. The number of rotatable bonds is 3. The quantitative estimate of drug-likeness (QED) is 0.739. The van der Waals surface area contributed by atoms with Gasteiger partial charge in [0, 0.05) is 6.08 Å². The van der Waals surface area contributed by atoms with Gasteiger partial charge in [0.1, 0.15) is 0 Å². The molecule has 0 spiro atoms. The van der Waals surface area contributed by atoms with Crippen LogP contribution in [0.5, 0.6) is 0 Å². The fraction of sp³-hybridized carbons (Fsp3) is 0.0909. The van der Waals surface area contributed by atoms with Crippen LogP contribution < -0.4 is 0 Å². The molecule has 0 fully saturated rings. The Morgan fingerprint density at radius 3 is 2.47 bits per heavy atom. The zero-order chi connectivity index (χ0) is 11.4. The summed E-state index contributed by atoms with van der Waals surface area (Å²) in [5.74, 6) is -2.08. The van der Waals surface area contributed by atoms with E-state index in [1.807, 2.05) is 0 Å². The third kappa shape index (κ3) is 2.95. The SMILES string of the molecule is Cc1ccc(C=CC(=O)O)cc1C(=O)O. The maximum Gasteiger partial charge on any atom is 0.335 e. The van der Waals surface area contributed by atoms with Crippen LogP contribution >= 0.6 is 0 Å². The summed E-state index contributed by atoms with van der Waals surface area (Å²) in [6, 6.07) is 4.75. The van der Waals surface area contributed by atoms with E-state index in [4.69, 9.17) is 10.2 Å². The average Bonchev–Trinajstić information content (AvgIpc) is 2.16. The van der Waals surface area contributed by atoms with Crippen molar-refractivity contribution in [3.63, 3.8) is 0 Å². The van der Waals surface area contributed by atoms with E-state index >= 15 is 0 Å². The Bertz CT molecular complexity index is 432. The Balaban J connectivity index is 3.08. The summed E-state index contributed by atoms with van der Waals surface area (Å²) in [7, 11) is 0. The molecule has 0 aliphatic carbocycles. The molecule has 0 aliphatic rings. The molecular formula is C11H10O4. The number of carboxylic acids is 2. The number of benzene rings is 1. The van der Waals surface area contributed by atoms with E-state index in [2.05, 4.69) is 0 Å². The summed E-state index contributed by atoms with van der Waals surface area (Å²) in [6.45, 7) is 1.69. The monoisotopic (exact) mass is 206 g/mol. The molecule has 1 aromatic carbocycles. The minimum absolute atomic E-state index is 0.183. The highest BCUT2D eigenvalue weighted by Crippen LogP contribution is 2.12. The van der Waals surface area contributed by atoms with Gasteiger partial charge in [0.15, 0.2) is 0 Å². The molecule has 1 aromatic rings. The maximum atomic E-state index is 10.8. The lowest BCUT2D eigenvalue weighted by Crippen LogP contribution is -1.99. The Hall–Kier alpha value is -2.10. The topological polar surface area (TPSA) is 74.6 Å². The minimum atomic E-state index is -1.06. The highest BCUT2D eigenvalue weighted by atomic mass is 16.4. The second-order valence-corrected chi connectivity index (χ2v) is 3.05. The molecule has 15 heavy (non-hydrogen) atoms. The number of carboxylic acid groups (broad SMARTS) is 2. The van der Waals surface area contributed by atoms with E-state index in [-0.39, 0.29) is 5.56 Å². The van der Waals surface area contributed by atoms with Crippen molar-refractivity contribution in [2.75, 3.05) is 0 Å². The van der Waals surface area contributed by atoms with Crippen molar-refractivity contribution in [2.24, 2.45) is 0 Å². The number of hydrogen-bond acceptors (Lipinski definition) is 2. The minimum Gasteiger partial charge on any atom is -0.478 e. The lowest BCUT2D eigenvalue weighted by atomic mass is 10.0. The second-order valence-electron chi connectivity index (χ2n) is 3.05. The Morgan fingerprint density at radius 1 is 1.27 bits per heavy atom. The largest absolute Gasteiger partial charge is 0.478 e. The lowest BCUT2D eigenvalue weighted by Gasteiger charge is -2.01. The normalized spacial score (nSPS) is 10.5. The van der Waals surface area contributed by atoms with Gasteiger partial charge in [0.05, 0.1) is 5.56 Å². The number of carbonyl (C=O) groups is 2. The molecular weight excluding hydrogens is 196 g/mol. The Kier molecular flexibility index (Phi) is 3.23. The predicted molar refractivity (Wildman–Crippen MR) is 54.8 cm³/mol. The zero-order valence-electron chi connectivity index (χ0n) is 8.10. The Morgan fingerprint density at radius 2 is 1.93 bits per heavy atom. The van der Waals surface area contributed by atoms with E-state index < -0.39 is 11.9 Å². The van der Waals surface area contributed by atoms with E-state index in [0.29, 0.717) is 11.1 Å². The number of aryl methyl sites for hydroxylation is 1. The first-order valence-corrected chi connectivity index (χ1v) is 4.25. The first-order chi connectivity index (χ1) is 7.00. The molecule has 4 heteroatoms. The smallest absolute Gasteiger partial charge is 0.335 e. The van der Waals surface area contributed by atoms with Gasteiger partial charge in [-0.25, -0.2) is 9.59 Å². The van der Waals surface area contributed by atoms with Crippen LogP contribution in [0, 0.1) is 6.92 Å². The molecule has 0 saturated carbocycles. The van der Waals surface area contributed by atoms with Crippen LogP contribution in [-0.4, -0.2) is 22.2 Å². The molecule has 0 atom stereocenters. The van der Waals surface area contributed by atoms with Gasteiger partial charge in [-0.1, -0.05) is 12.1 Å². The summed E-state index contributed by atoms with van der Waals surface area (Å²) in [5, 5.41) is 17.2. The van der Waals surface area contributed by atoms with Crippen molar-refractivity contribution in [3.8, 4) is 0 Å². The number of aliphatic carboxylic acids is 1. The van der Waals surface area contributed by atoms with Crippen LogP contribution in [0.25, 0.3) is 6.08 Å². The third-order valence-corrected chi connectivity index (χ3v) is 1.91. The zero-order valence-corrected chi connectivity index (χ0v) is 8.10. The molecule has 0 aromatic heterocycles. The van der Waals surface area contributed by atoms with Crippen molar-refractivity contribution in [2.45, 2.75) is 6.92 Å². The van der Waals surface area contributed by atoms with Crippen molar-refractivity contribution >= 4 is 18.0 Å². The van der Waals surface area contributed by atoms with Crippen molar-refractivity contribution < 1.29 is 19.8 Å². The molecule has 0 saturated heterocycles. The van der Waals surface area contributed by atoms with Crippen LogP contribution in [0.2, 0.25) is 0 Å². The summed E-state index contributed by atoms with van der Waals surface area (Å²) in [5.41, 5.74) is 1.39. The molecule has 0 amide bonds. The van der Waals surface area contributed by atoms with Gasteiger partial charge in [0.25, 0.3) is 0 Å². The van der Waals surface area contributed by atoms with E-state index in [0.717, 1.165) is 6.08 Å². The van der Waals surface area contributed by atoms with E-state index in [1.165, 1.54) is 12.1 Å². The van der Waals surface area contributed by atoms with Gasteiger partial charge in [-0.2, -0.15) is 0 Å². The molecule has 0 unspecified atom stereocenters. The van der Waals surface area contributed by atoms with Crippen LogP contribution in [-0.2, 0) is 4.79 Å². The van der Waals surface area contributed by atoms with E-state index in [1.54, 1.807) is 19.1 Å². The molecule has 4 nitrogen and oxygen atoms in total. The summed E-state index contributed by atoms with van der Waals surface area (Å²) in [6.07, 6.45) is 2.32. The van der Waals surface area contributed by atoms with Crippen molar-refractivity contribution in [1.82, 2.24) is 0 Å².